The number of allylic oxidation sites excluding steroid dienone is 1. The number of thioether (sulfide) groups is 1. The fourth-order valence-corrected chi connectivity index (χ4v) is 8.98. The minimum atomic E-state index is -0.838. The van der Waals surface area contributed by atoms with Gasteiger partial charge in [0.2, 0.25) is 5.91 Å². The zero-order valence-corrected chi connectivity index (χ0v) is 23.9. The predicted molar refractivity (Wildman–Crippen MR) is 153 cm³/mol. The second kappa shape index (κ2) is 12.2. The van der Waals surface area contributed by atoms with E-state index in [1.54, 1.807) is 65.9 Å². The Bertz CT molecular complexity index is 1090. The first-order valence-corrected chi connectivity index (χ1v) is 14.6. The van der Waals surface area contributed by atoms with Crippen LogP contribution in [-0.4, -0.2) is 76.7 Å². The largest absolute Gasteiger partial charge is 0.497 e. The number of carbonyl (C=O) groups excluding carboxylic acids is 3. The van der Waals surface area contributed by atoms with E-state index in [0.29, 0.717) is 18.0 Å². The molecule has 2 bridgehead atoms. The van der Waals surface area contributed by atoms with E-state index in [2.05, 4.69) is 20.1 Å². The van der Waals surface area contributed by atoms with Crippen molar-refractivity contribution in [1.82, 2.24) is 4.90 Å². The lowest BCUT2D eigenvalue weighted by atomic mass is 9.66. The molecule has 1 N–H and O–H groups in total. The Balaban J connectivity index is 1.70. The van der Waals surface area contributed by atoms with Crippen molar-refractivity contribution in [2.24, 2.45) is 17.8 Å². The monoisotopic (exact) mass is 556 g/mol. The molecule has 0 aromatic heterocycles. The third-order valence-corrected chi connectivity index (χ3v) is 10.5. The molecule has 7 atom stereocenters. The van der Waals surface area contributed by atoms with Gasteiger partial charge >= 0.3 is 5.97 Å². The third kappa shape index (κ3) is 4.99. The molecule has 1 aromatic rings. The lowest BCUT2D eigenvalue weighted by molar-refractivity contribution is -0.155. The van der Waals surface area contributed by atoms with Gasteiger partial charge in [-0.3, -0.25) is 14.4 Å². The Morgan fingerprint density at radius 2 is 1.97 bits per heavy atom. The van der Waals surface area contributed by atoms with Gasteiger partial charge in [-0.25, -0.2) is 0 Å². The first-order chi connectivity index (χ1) is 18.8. The molecule has 8 nitrogen and oxygen atoms in total. The second-order valence-corrected chi connectivity index (χ2v) is 12.3. The highest BCUT2D eigenvalue weighted by molar-refractivity contribution is 8.02. The number of esters is 1. The summed E-state index contributed by atoms with van der Waals surface area (Å²) in [6.07, 6.45) is 6.69. The van der Waals surface area contributed by atoms with Crippen LogP contribution in [0.4, 0.5) is 5.69 Å². The number of rotatable bonds is 13. The summed E-state index contributed by atoms with van der Waals surface area (Å²) < 4.78 is 10.2. The SMILES string of the molecule is C=CCCCCOC(=O)[C@@H]1[C@H]2C(=O)N([C@H](C)CO)C(C(=O)N(CC=C)c3ccc(OC)cc3)C23S[C@@H]1CC3C. The maximum atomic E-state index is 14.5. The predicted octanol–water partition coefficient (Wildman–Crippen LogP) is 3.83. The molecule has 4 rings (SSSR count). The highest BCUT2D eigenvalue weighted by Gasteiger charge is 2.77. The fraction of sp³-hybridized carbons (Fsp3) is 0.567. The van der Waals surface area contributed by atoms with Crippen LogP contribution >= 0.6 is 11.8 Å². The summed E-state index contributed by atoms with van der Waals surface area (Å²) >= 11 is 1.60. The number of carbonyl (C=O) groups is 3. The number of hydrogen-bond donors (Lipinski definition) is 1. The Kier molecular flexibility index (Phi) is 9.11. The number of likely N-dealkylation sites (tertiary alicyclic amines) is 1. The number of methoxy groups -OCH3 is 1. The molecule has 3 saturated heterocycles. The smallest absolute Gasteiger partial charge is 0.310 e. The van der Waals surface area contributed by atoms with Crippen LogP contribution in [-0.2, 0) is 19.1 Å². The van der Waals surface area contributed by atoms with Crippen molar-refractivity contribution in [1.29, 1.82) is 0 Å². The number of hydrogen-bond acceptors (Lipinski definition) is 7. The van der Waals surface area contributed by atoms with Crippen LogP contribution in [0, 0.1) is 17.8 Å². The van der Waals surface area contributed by atoms with E-state index in [1.165, 1.54) is 0 Å². The molecule has 3 heterocycles. The van der Waals surface area contributed by atoms with E-state index in [-0.39, 0.29) is 42.1 Å². The molecule has 0 aliphatic carbocycles. The van der Waals surface area contributed by atoms with Crippen molar-refractivity contribution in [3.63, 3.8) is 0 Å². The summed E-state index contributed by atoms with van der Waals surface area (Å²) in [7, 11) is 1.58. The average molecular weight is 557 g/mol. The van der Waals surface area contributed by atoms with E-state index in [9.17, 15) is 19.5 Å². The van der Waals surface area contributed by atoms with Gasteiger partial charge in [0, 0.05) is 17.5 Å². The number of aliphatic hydroxyl groups excluding tert-OH is 1. The van der Waals surface area contributed by atoms with Crippen LogP contribution in [0.5, 0.6) is 5.75 Å². The Morgan fingerprint density at radius 3 is 2.59 bits per heavy atom. The molecule has 39 heavy (non-hydrogen) atoms. The van der Waals surface area contributed by atoms with Crippen LogP contribution in [0.1, 0.15) is 39.5 Å². The van der Waals surface area contributed by atoms with Gasteiger partial charge in [-0.1, -0.05) is 19.1 Å². The molecule has 212 valence electrons. The Morgan fingerprint density at radius 1 is 1.26 bits per heavy atom. The van der Waals surface area contributed by atoms with Gasteiger partial charge in [0.05, 0.1) is 42.9 Å². The third-order valence-electron chi connectivity index (χ3n) is 8.44. The lowest BCUT2D eigenvalue weighted by Crippen LogP contribution is -2.59. The van der Waals surface area contributed by atoms with E-state index < -0.39 is 28.7 Å². The van der Waals surface area contributed by atoms with Gasteiger partial charge in [0.25, 0.3) is 5.91 Å². The van der Waals surface area contributed by atoms with E-state index >= 15 is 0 Å². The molecular formula is C30H40N2O6S. The number of unbranched alkanes of at least 4 members (excludes halogenated alkanes) is 2. The number of anilines is 1. The molecule has 1 spiro atoms. The standard InChI is InChI=1S/C30H40N2O6S/c1-6-8-9-10-16-38-29(36)24-23-17-19(3)30(39-23)25(24)27(34)32(20(4)18-33)26(30)28(35)31(15-7-2)21-11-13-22(37-5)14-12-21/h6-7,11-14,19-20,23-26,33H,1-2,8-10,15-18H2,3-5H3/t19?,20-,23-,24+,25+,26?,30?/m1/s1. The fourth-order valence-electron chi connectivity index (χ4n) is 6.59. The molecule has 3 aliphatic heterocycles. The summed E-state index contributed by atoms with van der Waals surface area (Å²) in [5.41, 5.74) is 0.658. The average Bonchev–Trinajstić information content (AvgIpc) is 3.54. The molecular weight excluding hydrogens is 516 g/mol. The second-order valence-electron chi connectivity index (χ2n) is 10.7. The number of fused-ring (bicyclic) bond motifs is 1. The molecule has 3 fully saturated rings. The quantitative estimate of drug-likeness (QED) is 0.224. The summed E-state index contributed by atoms with van der Waals surface area (Å²) in [4.78, 5) is 45.2. The van der Waals surface area contributed by atoms with Gasteiger partial charge in [0.1, 0.15) is 11.8 Å². The normalized spacial score (nSPS) is 29.6. The number of ether oxygens (including phenoxy) is 2. The van der Waals surface area contributed by atoms with Gasteiger partial charge in [0.15, 0.2) is 0 Å². The van der Waals surface area contributed by atoms with Crippen LogP contribution in [0.3, 0.4) is 0 Å². The summed E-state index contributed by atoms with van der Waals surface area (Å²) in [5, 5.41) is 10.0. The van der Waals surface area contributed by atoms with Crippen molar-refractivity contribution < 1.29 is 29.0 Å². The highest BCUT2D eigenvalue weighted by Crippen LogP contribution is 2.69. The lowest BCUT2D eigenvalue weighted by Gasteiger charge is -2.41. The van der Waals surface area contributed by atoms with Gasteiger partial charge < -0.3 is 24.4 Å². The minimum Gasteiger partial charge on any atom is -0.497 e. The van der Waals surface area contributed by atoms with Gasteiger partial charge in [-0.05, 0) is 62.8 Å². The zero-order valence-electron chi connectivity index (χ0n) is 23.1. The molecule has 9 heteroatoms. The van der Waals surface area contributed by atoms with Gasteiger partial charge in [-0.15, -0.1) is 24.9 Å². The van der Waals surface area contributed by atoms with E-state index in [1.807, 2.05) is 6.08 Å². The Hall–Kier alpha value is -2.78. The van der Waals surface area contributed by atoms with Crippen molar-refractivity contribution >= 4 is 35.2 Å². The molecule has 3 unspecified atom stereocenters. The molecule has 0 radical (unpaired) electrons. The maximum absolute atomic E-state index is 14.5. The van der Waals surface area contributed by atoms with Crippen molar-refractivity contribution in [3.8, 4) is 5.75 Å². The molecule has 3 aliphatic rings. The van der Waals surface area contributed by atoms with Gasteiger partial charge in [-0.2, -0.15) is 0 Å². The molecule has 1 aromatic carbocycles. The topological polar surface area (TPSA) is 96.4 Å². The first kappa shape index (κ1) is 29.2. The van der Waals surface area contributed by atoms with Crippen LogP contribution in [0.25, 0.3) is 0 Å². The zero-order chi connectivity index (χ0) is 28.3. The van der Waals surface area contributed by atoms with Crippen molar-refractivity contribution in [2.75, 3.05) is 31.8 Å². The number of aliphatic hydroxyl groups is 1. The number of amides is 2. The van der Waals surface area contributed by atoms with Crippen molar-refractivity contribution in [2.45, 2.75) is 61.6 Å². The van der Waals surface area contributed by atoms with Crippen LogP contribution < -0.4 is 9.64 Å². The Labute approximate surface area is 235 Å². The summed E-state index contributed by atoms with van der Waals surface area (Å²) in [6, 6.07) is 5.76. The molecule has 0 saturated carbocycles. The van der Waals surface area contributed by atoms with Crippen LogP contribution in [0.2, 0.25) is 0 Å². The van der Waals surface area contributed by atoms with Crippen molar-refractivity contribution in [3.05, 3.63) is 49.6 Å². The number of nitrogens with zero attached hydrogens (tertiary/aromatic N) is 2. The molecule has 2 amide bonds. The van der Waals surface area contributed by atoms with E-state index in [0.717, 1.165) is 25.7 Å². The minimum absolute atomic E-state index is 0.0179. The summed E-state index contributed by atoms with van der Waals surface area (Å²) in [6.45, 7) is 11.6. The van der Waals surface area contributed by atoms with Crippen LogP contribution in [0.15, 0.2) is 49.6 Å². The maximum Gasteiger partial charge on any atom is 0.310 e. The summed E-state index contributed by atoms with van der Waals surface area (Å²) in [5.74, 6) is -1.46. The first-order valence-electron chi connectivity index (χ1n) is 13.7. The number of benzene rings is 1. The van der Waals surface area contributed by atoms with E-state index in [4.69, 9.17) is 9.47 Å². The highest BCUT2D eigenvalue weighted by atomic mass is 32.2.